The second kappa shape index (κ2) is 28.1. The summed E-state index contributed by atoms with van der Waals surface area (Å²) < 4.78 is 24.1. The van der Waals surface area contributed by atoms with Gasteiger partial charge in [0.2, 0.25) is 11.7 Å². The monoisotopic (exact) mass is 630 g/mol. The minimum atomic E-state index is -0.594. The fourth-order valence-corrected chi connectivity index (χ4v) is 3.18. The van der Waals surface area contributed by atoms with Crippen LogP contribution >= 0.6 is 15.9 Å². The van der Waals surface area contributed by atoms with E-state index in [1.807, 2.05) is 32.0 Å². The van der Waals surface area contributed by atoms with Crippen LogP contribution in [0.3, 0.4) is 0 Å². The maximum Gasteiger partial charge on any atom is 0.507 e. The van der Waals surface area contributed by atoms with Crippen molar-refractivity contribution in [3.05, 3.63) is 34.1 Å². The Morgan fingerprint density at radius 2 is 1.50 bits per heavy atom. The average Bonchev–Trinajstić information content (AvgIpc) is 3.40. The number of carbonyl (C=O) groups is 2. The van der Waals surface area contributed by atoms with Crippen molar-refractivity contribution < 1.29 is 33.1 Å². The molecule has 0 unspecified atom stereocenters. The molecular formula is C30H51BrN2O7. The van der Waals surface area contributed by atoms with E-state index < -0.39 is 6.16 Å². The van der Waals surface area contributed by atoms with Crippen molar-refractivity contribution >= 4 is 28.1 Å². The van der Waals surface area contributed by atoms with Gasteiger partial charge in [-0.05, 0) is 37.8 Å². The Labute approximate surface area is 249 Å². The number of benzene rings is 1. The lowest BCUT2D eigenvalue weighted by atomic mass is 10.1. The lowest BCUT2D eigenvalue weighted by molar-refractivity contribution is -0.140. The summed E-state index contributed by atoms with van der Waals surface area (Å²) >= 11 is 3.46. The number of esters is 1. The van der Waals surface area contributed by atoms with Crippen molar-refractivity contribution in [3.8, 4) is 11.4 Å². The zero-order valence-electron chi connectivity index (χ0n) is 25.8. The van der Waals surface area contributed by atoms with E-state index in [0.717, 1.165) is 48.7 Å². The molecule has 9 nitrogen and oxygen atoms in total. The molecule has 0 radical (unpaired) electrons. The van der Waals surface area contributed by atoms with Gasteiger partial charge in [0.25, 0.3) is 0 Å². The van der Waals surface area contributed by atoms with E-state index in [1.165, 1.54) is 45.5 Å². The summed E-state index contributed by atoms with van der Waals surface area (Å²) in [5.41, 5.74) is 2.15. The van der Waals surface area contributed by atoms with E-state index in [4.69, 9.17) is 9.26 Å². The summed E-state index contributed by atoms with van der Waals surface area (Å²) in [7, 11) is 4.48. The topological polar surface area (TPSA) is 110 Å². The zero-order chi connectivity index (χ0) is 30.6. The standard InChI is InChI=1S/C10H9BrN2O.C7H14O2.C7H16O.C6H12O3/c1-6-3-4-8(5-9(6)11)10-12-7(2)14-13-10;1-3-4-5-6-7(8)9-2;1-3-4-5-6-7-8-2;1-3-4-5-9-6(7)8-2/h3-5H,1-2H3;3-6H2,1-2H3;3-7H2,1-2H3;3-5H2,1-2H3. The third-order valence-corrected chi connectivity index (χ3v) is 6.11. The first-order valence-corrected chi connectivity index (χ1v) is 14.8. The second-order valence-corrected chi connectivity index (χ2v) is 9.70. The number of aryl methyl sites for hydroxylation is 2. The fraction of sp³-hybridized carbons (Fsp3) is 0.667. The second-order valence-electron chi connectivity index (χ2n) is 8.84. The molecule has 2 rings (SSSR count). The number of hydrogen-bond acceptors (Lipinski definition) is 9. The van der Waals surface area contributed by atoms with Crippen LogP contribution in [-0.2, 0) is 23.7 Å². The smallest absolute Gasteiger partial charge is 0.469 e. The highest BCUT2D eigenvalue weighted by atomic mass is 79.9. The third-order valence-electron chi connectivity index (χ3n) is 5.26. The van der Waals surface area contributed by atoms with Crippen molar-refractivity contribution in [1.29, 1.82) is 0 Å². The Morgan fingerprint density at radius 1 is 0.850 bits per heavy atom. The van der Waals surface area contributed by atoms with Gasteiger partial charge in [0, 0.05) is 37.1 Å². The van der Waals surface area contributed by atoms with E-state index in [-0.39, 0.29) is 5.97 Å². The highest BCUT2D eigenvalue weighted by Crippen LogP contribution is 2.23. The summed E-state index contributed by atoms with van der Waals surface area (Å²) in [6.07, 6.45) is 10.3. The van der Waals surface area contributed by atoms with Crippen LogP contribution < -0.4 is 0 Å². The van der Waals surface area contributed by atoms with Crippen molar-refractivity contribution in [2.24, 2.45) is 0 Å². The number of unbranched alkanes of at least 4 members (excludes halogenated alkanes) is 6. The van der Waals surface area contributed by atoms with Crippen LogP contribution in [0.5, 0.6) is 0 Å². The van der Waals surface area contributed by atoms with E-state index in [9.17, 15) is 9.59 Å². The zero-order valence-corrected chi connectivity index (χ0v) is 27.4. The number of nitrogens with zero attached hydrogens (tertiary/aromatic N) is 2. The number of halogens is 1. The number of rotatable bonds is 13. The first-order valence-electron chi connectivity index (χ1n) is 14.0. The largest absolute Gasteiger partial charge is 0.507 e. The van der Waals surface area contributed by atoms with Crippen molar-refractivity contribution in [2.45, 2.75) is 98.8 Å². The van der Waals surface area contributed by atoms with E-state index in [0.29, 0.717) is 24.7 Å². The van der Waals surface area contributed by atoms with Crippen molar-refractivity contribution in [1.82, 2.24) is 10.1 Å². The van der Waals surface area contributed by atoms with Gasteiger partial charge < -0.3 is 23.5 Å². The first kappa shape index (κ1) is 39.7. The predicted molar refractivity (Wildman–Crippen MR) is 162 cm³/mol. The summed E-state index contributed by atoms with van der Waals surface area (Å²) in [6.45, 7) is 11.6. The average molecular weight is 632 g/mol. The van der Waals surface area contributed by atoms with Gasteiger partial charge in [-0.2, -0.15) is 4.98 Å². The van der Waals surface area contributed by atoms with E-state index in [2.05, 4.69) is 54.1 Å². The van der Waals surface area contributed by atoms with Crippen molar-refractivity contribution in [2.75, 3.05) is 34.5 Å². The number of carbonyl (C=O) groups excluding carboxylic acids is 2. The SMILES string of the molecule is CCCCCC(=O)OC.CCCCCCOC.CCCCOC(=O)OC.Cc1nc(-c2ccc(C)c(Br)c2)no1. The molecule has 40 heavy (non-hydrogen) atoms. The molecule has 10 heteroatoms. The molecule has 2 aromatic rings. The molecule has 1 aromatic heterocycles. The van der Waals surface area contributed by atoms with Gasteiger partial charge in [-0.3, -0.25) is 4.79 Å². The first-order chi connectivity index (χ1) is 19.2. The van der Waals surface area contributed by atoms with Gasteiger partial charge in [0.1, 0.15) is 0 Å². The van der Waals surface area contributed by atoms with Crippen LogP contribution in [0, 0.1) is 13.8 Å². The summed E-state index contributed by atoms with van der Waals surface area (Å²) in [5, 5.41) is 3.85. The molecule has 230 valence electrons. The van der Waals surface area contributed by atoms with E-state index >= 15 is 0 Å². The number of hydrogen-bond donors (Lipinski definition) is 0. The summed E-state index contributed by atoms with van der Waals surface area (Å²) in [4.78, 5) is 24.9. The Balaban J connectivity index is 0. The Morgan fingerprint density at radius 3 is 2.00 bits per heavy atom. The molecule has 1 aromatic carbocycles. The molecule has 0 aliphatic heterocycles. The maximum absolute atomic E-state index is 10.5. The van der Waals surface area contributed by atoms with Gasteiger partial charge in [-0.25, -0.2) is 4.79 Å². The van der Waals surface area contributed by atoms with Gasteiger partial charge in [-0.1, -0.05) is 92.5 Å². The van der Waals surface area contributed by atoms with Gasteiger partial charge >= 0.3 is 12.1 Å². The highest BCUT2D eigenvalue weighted by molar-refractivity contribution is 9.10. The minimum Gasteiger partial charge on any atom is -0.469 e. The van der Waals surface area contributed by atoms with Gasteiger partial charge in [-0.15, -0.1) is 0 Å². The van der Waals surface area contributed by atoms with Crippen LogP contribution in [0.25, 0.3) is 11.4 Å². The quantitative estimate of drug-likeness (QED) is 0.158. The van der Waals surface area contributed by atoms with Crippen LogP contribution in [0.15, 0.2) is 27.2 Å². The number of ether oxygens (including phenoxy) is 4. The molecule has 0 saturated carbocycles. The third kappa shape index (κ3) is 23.4. The summed E-state index contributed by atoms with van der Waals surface area (Å²) in [6, 6.07) is 5.98. The molecule has 0 N–H and O–H groups in total. The van der Waals surface area contributed by atoms with Crippen LogP contribution in [0.2, 0.25) is 0 Å². The Bertz CT molecular complexity index is 863. The number of methoxy groups -OCH3 is 3. The minimum absolute atomic E-state index is 0.0940. The Kier molecular flexibility index (Phi) is 27.9. The molecule has 0 aliphatic rings. The molecule has 0 saturated heterocycles. The van der Waals surface area contributed by atoms with Crippen LogP contribution in [0.1, 0.15) is 96.4 Å². The Hall–Kier alpha value is -2.46. The molecule has 0 aliphatic carbocycles. The maximum atomic E-state index is 10.5. The molecule has 0 amide bonds. The lowest BCUT2D eigenvalue weighted by Crippen LogP contribution is -2.04. The molecule has 0 atom stereocenters. The fourth-order valence-electron chi connectivity index (χ4n) is 2.80. The molecule has 0 fully saturated rings. The van der Waals surface area contributed by atoms with Gasteiger partial charge in [0.05, 0.1) is 20.8 Å². The molecular weight excluding hydrogens is 580 g/mol. The van der Waals surface area contributed by atoms with E-state index in [1.54, 1.807) is 14.0 Å². The highest BCUT2D eigenvalue weighted by Gasteiger charge is 2.06. The molecule has 0 spiro atoms. The van der Waals surface area contributed by atoms with Crippen molar-refractivity contribution in [3.63, 3.8) is 0 Å². The number of aromatic nitrogens is 2. The van der Waals surface area contributed by atoms with Gasteiger partial charge in [0.15, 0.2) is 0 Å². The van der Waals surface area contributed by atoms with Crippen LogP contribution in [-0.4, -0.2) is 56.8 Å². The molecule has 0 bridgehead atoms. The lowest BCUT2D eigenvalue weighted by Gasteiger charge is -1.99. The predicted octanol–water partition coefficient (Wildman–Crippen LogP) is 8.64. The van der Waals surface area contributed by atoms with Crippen LogP contribution in [0.4, 0.5) is 4.79 Å². The normalized spacial score (nSPS) is 9.62. The molecule has 1 heterocycles. The summed E-state index contributed by atoms with van der Waals surface area (Å²) in [5.74, 6) is 1.11.